The number of carbonyl (C=O) groups excluding carboxylic acids is 3. The van der Waals surface area contributed by atoms with Crippen LogP contribution in [0, 0.1) is 0 Å². The van der Waals surface area contributed by atoms with Gasteiger partial charge in [0.1, 0.15) is 5.00 Å². The average Bonchev–Trinajstić information content (AvgIpc) is 3.57. The van der Waals surface area contributed by atoms with Crippen molar-refractivity contribution in [2.45, 2.75) is 57.8 Å². The van der Waals surface area contributed by atoms with Crippen molar-refractivity contribution in [3.63, 3.8) is 0 Å². The summed E-state index contributed by atoms with van der Waals surface area (Å²) >= 11 is 1.28. The lowest BCUT2D eigenvalue weighted by molar-refractivity contribution is -0.130. The van der Waals surface area contributed by atoms with Crippen molar-refractivity contribution in [3.8, 4) is 0 Å². The number of piperidine rings is 1. The third-order valence-electron chi connectivity index (χ3n) is 7.62. The molecule has 3 amide bonds. The fraction of sp³-hybridized carbons (Fsp3) is 0.387. The van der Waals surface area contributed by atoms with Crippen LogP contribution in [0.2, 0.25) is 0 Å². The summed E-state index contributed by atoms with van der Waals surface area (Å²) in [6.07, 6.45) is 3.04. The number of hydrazine groups is 1. The normalized spacial score (nSPS) is 19.0. The lowest BCUT2D eigenvalue weighted by atomic mass is 9.92. The van der Waals surface area contributed by atoms with Gasteiger partial charge in [-0.1, -0.05) is 48.9 Å². The summed E-state index contributed by atoms with van der Waals surface area (Å²) in [6.45, 7) is 8.68. The zero-order chi connectivity index (χ0) is 29.0. The zero-order valence-electron chi connectivity index (χ0n) is 23.7. The minimum Gasteiger partial charge on any atom is -0.448 e. The number of hydrogen-bond acceptors (Lipinski definition) is 7. The third kappa shape index (κ3) is 6.00. The maximum atomic E-state index is 14.2. The summed E-state index contributed by atoms with van der Waals surface area (Å²) in [6, 6.07) is 18.8. The first-order valence-electron chi connectivity index (χ1n) is 14.1. The molecule has 0 bridgehead atoms. The van der Waals surface area contributed by atoms with Crippen molar-refractivity contribution >= 4 is 34.2 Å². The number of benzene rings is 2. The summed E-state index contributed by atoms with van der Waals surface area (Å²) in [5.41, 5.74) is 3.37. The number of hydrogen-bond donors (Lipinski definition) is 3. The highest BCUT2D eigenvalue weighted by molar-refractivity contribution is 7.14. The van der Waals surface area contributed by atoms with E-state index in [2.05, 4.69) is 21.0 Å². The fourth-order valence-corrected chi connectivity index (χ4v) is 6.27. The van der Waals surface area contributed by atoms with Crippen LogP contribution in [0.4, 0.5) is 9.80 Å². The second kappa shape index (κ2) is 12.0. The Morgan fingerprint density at radius 3 is 2.39 bits per heavy atom. The van der Waals surface area contributed by atoms with Gasteiger partial charge in [0.25, 0.3) is 11.8 Å². The predicted molar refractivity (Wildman–Crippen MR) is 159 cm³/mol. The van der Waals surface area contributed by atoms with Gasteiger partial charge in [-0.15, -0.1) is 11.3 Å². The molecule has 3 aromatic rings. The Balaban J connectivity index is 1.43. The molecule has 0 saturated carbocycles. The van der Waals surface area contributed by atoms with E-state index in [4.69, 9.17) is 4.74 Å². The number of ether oxygens (including phenoxy) is 1. The van der Waals surface area contributed by atoms with E-state index in [0.29, 0.717) is 16.1 Å². The number of nitrogens with zero attached hydrogens (tertiary/aromatic N) is 2. The Bertz CT molecular complexity index is 1390. The van der Waals surface area contributed by atoms with E-state index in [0.717, 1.165) is 30.8 Å². The molecule has 1 fully saturated rings. The van der Waals surface area contributed by atoms with Gasteiger partial charge in [-0.05, 0) is 81.4 Å². The first-order chi connectivity index (χ1) is 19.7. The SMILES string of the molecule is CCOC(=O)N1NC(NC(=O)c2ccc(CN3CCCCC3)cc2)(C(=O)NC(C)(C)c2ccccc2)c2ccsc21. The van der Waals surface area contributed by atoms with Crippen LogP contribution in [0.1, 0.15) is 67.1 Å². The number of thiophene rings is 1. The Morgan fingerprint density at radius 1 is 1.00 bits per heavy atom. The van der Waals surface area contributed by atoms with Crippen LogP contribution in [0.3, 0.4) is 0 Å². The van der Waals surface area contributed by atoms with Gasteiger partial charge in [-0.3, -0.25) is 14.5 Å². The van der Waals surface area contributed by atoms with Crippen LogP contribution in [0.5, 0.6) is 0 Å². The van der Waals surface area contributed by atoms with E-state index >= 15 is 0 Å². The number of nitrogens with one attached hydrogen (secondary N) is 3. The third-order valence-corrected chi connectivity index (χ3v) is 8.51. The first-order valence-corrected chi connectivity index (χ1v) is 15.0. The molecule has 41 heavy (non-hydrogen) atoms. The number of likely N-dealkylation sites (tertiary alicyclic amines) is 1. The van der Waals surface area contributed by atoms with Gasteiger partial charge in [0.15, 0.2) is 0 Å². The molecule has 1 saturated heterocycles. The maximum absolute atomic E-state index is 14.2. The smallest absolute Gasteiger partial charge is 0.429 e. The van der Waals surface area contributed by atoms with Gasteiger partial charge in [0, 0.05) is 17.7 Å². The van der Waals surface area contributed by atoms with Crippen LogP contribution in [0.15, 0.2) is 66.0 Å². The van der Waals surface area contributed by atoms with Crippen LogP contribution in [0.25, 0.3) is 0 Å². The van der Waals surface area contributed by atoms with Gasteiger partial charge in [-0.2, -0.15) is 10.4 Å². The van der Waals surface area contributed by atoms with Gasteiger partial charge >= 0.3 is 6.09 Å². The molecular weight excluding hydrogens is 538 g/mol. The van der Waals surface area contributed by atoms with Crippen LogP contribution >= 0.6 is 11.3 Å². The van der Waals surface area contributed by atoms with E-state index < -0.39 is 29.1 Å². The summed E-state index contributed by atoms with van der Waals surface area (Å²) < 4.78 is 5.24. The number of carbonyl (C=O) groups is 3. The summed E-state index contributed by atoms with van der Waals surface area (Å²) in [5.74, 6) is -0.953. The van der Waals surface area contributed by atoms with Crippen molar-refractivity contribution in [2.75, 3.05) is 24.7 Å². The molecule has 0 radical (unpaired) electrons. The second-order valence-corrected chi connectivity index (χ2v) is 11.9. The van der Waals surface area contributed by atoms with E-state index in [-0.39, 0.29) is 6.61 Å². The monoisotopic (exact) mass is 575 g/mol. The standard InChI is InChI=1S/C31H37N5O4S/c1-4-40-29(39)36-27-25(17-20-41-27)31(34-36,28(38)33-30(2,3)24-11-7-5-8-12-24)32-26(37)23-15-13-22(14-16-23)21-35-18-9-6-10-19-35/h5,7-8,11-17,20,34H,4,6,9-10,18-19,21H2,1-3H3,(H,32,37)(H,33,38). The molecular formula is C31H37N5O4S. The minimum absolute atomic E-state index is 0.161. The maximum Gasteiger partial charge on any atom is 0.429 e. The lowest BCUT2D eigenvalue weighted by Crippen LogP contribution is -2.67. The topological polar surface area (TPSA) is 103 Å². The average molecular weight is 576 g/mol. The highest BCUT2D eigenvalue weighted by Crippen LogP contribution is 2.41. The lowest BCUT2D eigenvalue weighted by Gasteiger charge is -2.35. The number of rotatable bonds is 8. The molecule has 1 unspecified atom stereocenters. The van der Waals surface area contributed by atoms with Gasteiger partial charge < -0.3 is 15.4 Å². The van der Waals surface area contributed by atoms with Crippen LogP contribution in [-0.4, -0.2) is 42.5 Å². The van der Waals surface area contributed by atoms with Crippen LogP contribution in [-0.2, 0) is 27.3 Å². The van der Waals surface area contributed by atoms with E-state index in [1.807, 2.05) is 56.3 Å². The second-order valence-electron chi connectivity index (χ2n) is 11.0. The van der Waals surface area contributed by atoms with Crippen molar-refractivity contribution in [3.05, 3.63) is 88.3 Å². The van der Waals surface area contributed by atoms with Crippen LogP contribution < -0.4 is 21.1 Å². The molecule has 3 N–H and O–H groups in total. The van der Waals surface area contributed by atoms with Crippen molar-refractivity contribution in [1.82, 2.24) is 21.0 Å². The van der Waals surface area contributed by atoms with Gasteiger partial charge in [0.05, 0.1) is 12.1 Å². The molecule has 9 nitrogen and oxygen atoms in total. The van der Waals surface area contributed by atoms with Gasteiger partial charge in [0.2, 0.25) is 5.66 Å². The first kappa shape index (κ1) is 28.8. The Kier molecular flexibility index (Phi) is 8.44. The van der Waals surface area contributed by atoms with Crippen molar-refractivity contribution in [1.29, 1.82) is 0 Å². The fourth-order valence-electron chi connectivity index (χ4n) is 5.36. The van der Waals surface area contributed by atoms with E-state index in [1.165, 1.54) is 35.6 Å². The summed E-state index contributed by atoms with van der Waals surface area (Å²) in [5, 5.41) is 9.49. The molecule has 2 aliphatic heterocycles. The molecule has 3 heterocycles. The molecule has 216 valence electrons. The Labute approximate surface area is 244 Å². The summed E-state index contributed by atoms with van der Waals surface area (Å²) in [4.78, 5) is 43.2. The minimum atomic E-state index is -1.75. The summed E-state index contributed by atoms with van der Waals surface area (Å²) in [7, 11) is 0. The molecule has 5 rings (SSSR count). The molecule has 0 aliphatic carbocycles. The predicted octanol–water partition coefficient (Wildman–Crippen LogP) is 4.85. The molecule has 1 aromatic heterocycles. The number of amides is 3. The Morgan fingerprint density at radius 2 is 1.71 bits per heavy atom. The number of anilines is 1. The molecule has 1 atom stereocenters. The molecule has 0 spiro atoms. The van der Waals surface area contributed by atoms with E-state index in [1.54, 1.807) is 30.5 Å². The van der Waals surface area contributed by atoms with Crippen molar-refractivity contribution in [2.24, 2.45) is 0 Å². The highest BCUT2D eigenvalue weighted by atomic mass is 32.1. The largest absolute Gasteiger partial charge is 0.448 e. The number of fused-ring (bicyclic) bond motifs is 1. The Hall–Kier alpha value is -3.73. The molecule has 2 aliphatic rings. The van der Waals surface area contributed by atoms with E-state index in [9.17, 15) is 14.4 Å². The van der Waals surface area contributed by atoms with Crippen molar-refractivity contribution < 1.29 is 19.1 Å². The van der Waals surface area contributed by atoms with Gasteiger partial charge in [-0.25, -0.2) is 4.79 Å². The zero-order valence-corrected chi connectivity index (χ0v) is 24.6. The molecule has 2 aromatic carbocycles. The highest BCUT2D eigenvalue weighted by Gasteiger charge is 2.54. The molecule has 10 heteroatoms. The quantitative estimate of drug-likeness (QED) is 0.355.